The molecule has 1 fully saturated rings. The molecule has 144 valence electrons. The highest BCUT2D eigenvalue weighted by molar-refractivity contribution is 9.10. The van der Waals surface area contributed by atoms with E-state index in [0.29, 0.717) is 5.11 Å². The van der Waals surface area contributed by atoms with Gasteiger partial charge in [-0.1, -0.05) is 34.8 Å². The van der Waals surface area contributed by atoms with E-state index in [2.05, 4.69) is 51.7 Å². The minimum Gasteiger partial charge on any atom is -0.493 e. The molecule has 27 heavy (non-hydrogen) atoms. The van der Waals surface area contributed by atoms with Crippen molar-refractivity contribution in [2.24, 2.45) is 0 Å². The fourth-order valence-electron chi connectivity index (χ4n) is 3.70. The number of halogens is 1. The van der Waals surface area contributed by atoms with Crippen molar-refractivity contribution < 1.29 is 9.47 Å². The van der Waals surface area contributed by atoms with E-state index in [1.54, 1.807) is 14.2 Å². The molecular formula is C21H25BrN2O2S. The summed E-state index contributed by atoms with van der Waals surface area (Å²) in [5, 5.41) is 7.55. The molecule has 3 rings (SSSR count). The molecule has 1 aliphatic rings. The summed E-state index contributed by atoms with van der Waals surface area (Å²) in [6, 6.07) is 12.2. The third-order valence-corrected chi connectivity index (χ3v) is 6.26. The molecule has 0 heterocycles. The van der Waals surface area contributed by atoms with Crippen LogP contribution in [0.15, 0.2) is 40.9 Å². The predicted molar refractivity (Wildman–Crippen MR) is 118 cm³/mol. The lowest BCUT2D eigenvalue weighted by Gasteiger charge is -2.33. The molecule has 2 aromatic carbocycles. The van der Waals surface area contributed by atoms with Gasteiger partial charge in [0.1, 0.15) is 0 Å². The fraction of sp³-hybridized carbons (Fsp3) is 0.381. The number of nitrogens with one attached hydrogen (secondary N) is 2. The molecular weight excluding hydrogens is 424 g/mol. The minimum absolute atomic E-state index is 0.186. The van der Waals surface area contributed by atoms with Crippen LogP contribution in [0.2, 0.25) is 0 Å². The van der Waals surface area contributed by atoms with Gasteiger partial charge in [-0.3, -0.25) is 0 Å². The predicted octanol–water partition coefficient (Wildman–Crippen LogP) is 5.53. The summed E-state index contributed by atoms with van der Waals surface area (Å²) >= 11 is 9.17. The molecule has 2 N–H and O–H groups in total. The Labute approximate surface area is 174 Å². The van der Waals surface area contributed by atoms with Crippen molar-refractivity contribution in [3.63, 3.8) is 0 Å². The number of hydrogen-bond acceptors (Lipinski definition) is 3. The number of aryl methyl sites for hydroxylation is 1. The van der Waals surface area contributed by atoms with E-state index in [-0.39, 0.29) is 5.54 Å². The molecule has 0 aromatic heterocycles. The molecule has 0 saturated heterocycles. The maximum Gasteiger partial charge on any atom is 0.171 e. The molecule has 2 aromatic rings. The monoisotopic (exact) mass is 448 g/mol. The summed E-state index contributed by atoms with van der Waals surface area (Å²) < 4.78 is 12.0. The topological polar surface area (TPSA) is 42.5 Å². The lowest BCUT2D eigenvalue weighted by Crippen LogP contribution is -2.45. The first-order chi connectivity index (χ1) is 13.0. The first-order valence-corrected chi connectivity index (χ1v) is 10.3. The Kier molecular flexibility index (Phi) is 6.27. The number of methoxy groups -OCH3 is 2. The normalized spacial score (nSPS) is 15.3. The first-order valence-electron chi connectivity index (χ1n) is 9.05. The molecule has 4 nitrogen and oxygen atoms in total. The van der Waals surface area contributed by atoms with E-state index in [9.17, 15) is 0 Å². The van der Waals surface area contributed by atoms with Crippen molar-refractivity contribution in [2.45, 2.75) is 38.1 Å². The summed E-state index contributed by atoms with van der Waals surface area (Å²) in [5.41, 5.74) is 3.13. The Morgan fingerprint density at radius 1 is 1.04 bits per heavy atom. The summed E-state index contributed by atoms with van der Waals surface area (Å²) in [5.74, 6) is 1.48. The second-order valence-corrected chi connectivity index (χ2v) is 8.16. The van der Waals surface area contributed by atoms with Crippen LogP contribution in [-0.2, 0) is 5.54 Å². The van der Waals surface area contributed by atoms with Gasteiger partial charge in [-0.05, 0) is 73.4 Å². The summed E-state index contributed by atoms with van der Waals surface area (Å²) in [6.45, 7) is 2.06. The molecule has 1 aliphatic carbocycles. The number of ether oxygens (including phenoxy) is 2. The maximum absolute atomic E-state index is 5.64. The first kappa shape index (κ1) is 20.0. The van der Waals surface area contributed by atoms with Gasteiger partial charge in [0.2, 0.25) is 0 Å². The molecule has 0 unspecified atom stereocenters. The fourth-order valence-corrected chi connectivity index (χ4v) is 4.26. The van der Waals surface area contributed by atoms with Crippen LogP contribution in [0, 0.1) is 6.92 Å². The van der Waals surface area contributed by atoms with Gasteiger partial charge in [-0.25, -0.2) is 0 Å². The van der Waals surface area contributed by atoms with Gasteiger partial charge in [0.05, 0.1) is 19.8 Å². The summed E-state index contributed by atoms with van der Waals surface area (Å²) in [7, 11) is 3.32. The summed E-state index contributed by atoms with van der Waals surface area (Å²) in [4.78, 5) is 0. The van der Waals surface area contributed by atoms with Crippen molar-refractivity contribution in [2.75, 3.05) is 19.5 Å². The van der Waals surface area contributed by atoms with Gasteiger partial charge in [-0.2, -0.15) is 0 Å². The highest BCUT2D eigenvalue weighted by atomic mass is 79.9. The number of anilines is 1. The van der Waals surface area contributed by atoms with Gasteiger partial charge in [-0.15, -0.1) is 0 Å². The van der Waals surface area contributed by atoms with Crippen LogP contribution in [0.4, 0.5) is 5.69 Å². The van der Waals surface area contributed by atoms with Crippen LogP contribution in [0.1, 0.15) is 36.8 Å². The maximum atomic E-state index is 5.64. The average molecular weight is 449 g/mol. The molecule has 6 heteroatoms. The van der Waals surface area contributed by atoms with Crippen molar-refractivity contribution >= 4 is 38.9 Å². The second-order valence-electron chi connectivity index (χ2n) is 6.90. The lowest BCUT2D eigenvalue weighted by atomic mass is 9.88. The highest BCUT2D eigenvalue weighted by Gasteiger charge is 2.37. The number of thiocarbonyl (C=S) groups is 1. The molecule has 0 bridgehead atoms. The van der Waals surface area contributed by atoms with Crippen molar-refractivity contribution in [1.29, 1.82) is 0 Å². The number of hydrogen-bond donors (Lipinski definition) is 2. The number of rotatable bonds is 5. The lowest BCUT2D eigenvalue weighted by molar-refractivity contribution is 0.350. The second kappa shape index (κ2) is 8.48. The van der Waals surface area contributed by atoms with E-state index in [0.717, 1.165) is 34.5 Å². The van der Waals surface area contributed by atoms with Crippen molar-refractivity contribution in [1.82, 2.24) is 5.32 Å². The Balaban J connectivity index is 1.82. The van der Waals surface area contributed by atoms with Gasteiger partial charge < -0.3 is 20.1 Å². The van der Waals surface area contributed by atoms with E-state index >= 15 is 0 Å². The van der Waals surface area contributed by atoms with E-state index in [4.69, 9.17) is 21.7 Å². The highest BCUT2D eigenvalue weighted by Crippen LogP contribution is 2.41. The van der Waals surface area contributed by atoms with Crippen LogP contribution in [0.25, 0.3) is 0 Å². The molecule has 0 atom stereocenters. The molecule has 0 radical (unpaired) electrons. The number of benzene rings is 2. The average Bonchev–Trinajstić information content (AvgIpc) is 3.13. The smallest absolute Gasteiger partial charge is 0.171 e. The molecule has 0 spiro atoms. The van der Waals surface area contributed by atoms with E-state index < -0.39 is 0 Å². The van der Waals surface area contributed by atoms with Crippen molar-refractivity contribution in [3.8, 4) is 11.5 Å². The Morgan fingerprint density at radius 2 is 1.74 bits per heavy atom. The minimum atomic E-state index is -0.186. The molecule has 1 saturated carbocycles. The van der Waals surface area contributed by atoms with Gasteiger partial charge in [0, 0.05) is 10.2 Å². The zero-order valence-corrected chi connectivity index (χ0v) is 18.3. The van der Waals surface area contributed by atoms with Crippen molar-refractivity contribution in [3.05, 3.63) is 52.0 Å². The zero-order chi connectivity index (χ0) is 19.4. The SMILES string of the molecule is COc1ccc(C2(NC(=S)Nc3ccc(Br)c(C)c3)CCCC2)cc1OC. The third-order valence-electron chi connectivity index (χ3n) is 5.16. The largest absolute Gasteiger partial charge is 0.493 e. The zero-order valence-electron chi connectivity index (χ0n) is 15.9. The Bertz CT molecular complexity index is 835. The van der Waals surface area contributed by atoms with Gasteiger partial charge in [0.15, 0.2) is 16.6 Å². The summed E-state index contributed by atoms with van der Waals surface area (Å²) in [6.07, 6.45) is 4.40. The molecule has 0 amide bonds. The molecule has 0 aliphatic heterocycles. The van der Waals surface area contributed by atoms with Gasteiger partial charge in [0.25, 0.3) is 0 Å². The van der Waals surface area contributed by atoms with Crippen LogP contribution >= 0.6 is 28.1 Å². The Hall–Kier alpha value is -1.79. The van der Waals surface area contributed by atoms with Crippen LogP contribution in [0.5, 0.6) is 11.5 Å². The quantitative estimate of drug-likeness (QED) is 0.588. The third kappa shape index (κ3) is 4.38. The van der Waals surface area contributed by atoms with Gasteiger partial charge >= 0.3 is 0 Å². The van der Waals surface area contributed by atoms with Crippen LogP contribution in [0.3, 0.4) is 0 Å². The standard InChI is InChI=1S/C21H25BrN2O2S/c1-14-12-16(7-8-17(14)22)23-20(27)24-21(10-4-5-11-21)15-6-9-18(25-2)19(13-15)26-3/h6-9,12-13H,4-5,10-11H2,1-3H3,(H2,23,24,27). The Morgan fingerprint density at radius 3 is 2.37 bits per heavy atom. The van der Waals surface area contributed by atoms with E-state index in [1.807, 2.05) is 18.2 Å². The van der Waals surface area contributed by atoms with Crippen LogP contribution < -0.4 is 20.1 Å². The van der Waals surface area contributed by atoms with E-state index in [1.165, 1.54) is 24.0 Å². The van der Waals surface area contributed by atoms with Crippen LogP contribution in [-0.4, -0.2) is 19.3 Å².